The van der Waals surface area contributed by atoms with Crippen LogP contribution < -0.4 is 0 Å². The van der Waals surface area contributed by atoms with Gasteiger partial charge in [0.1, 0.15) is 6.29 Å². The van der Waals surface area contributed by atoms with E-state index in [1.165, 1.54) is 0 Å². The molecule has 6 heavy (non-hydrogen) atoms. The van der Waals surface area contributed by atoms with Crippen LogP contribution in [0.1, 0.15) is 19.8 Å². The van der Waals surface area contributed by atoms with E-state index < -0.39 is 0 Å². The number of carbonyl (C=O) groups is 1. The number of hydrogen-bond donors (Lipinski definition) is 0. The maximum atomic E-state index is 9.40. The molecule has 0 rings (SSSR count). The van der Waals surface area contributed by atoms with Crippen molar-refractivity contribution in [2.24, 2.45) is 0 Å². The molecule has 0 amide bonds. The minimum Gasteiger partial charge on any atom is -0.303 e. The smallest absolute Gasteiger partial charge is 0.119 e. The Labute approximate surface area is 53.6 Å². The van der Waals surface area contributed by atoms with Crippen LogP contribution in [0.2, 0.25) is 0 Å². The van der Waals surface area contributed by atoms with Gasteiger partial charge in [-0.15, -0.1) is 0 Å². The summed E-state index contributed by atoms with van der Waals surface area (Å²) in [7, 11) is 0. The Morgan fingerprint density at radius 1 is 1.67 bits per heavy atom. The van der Waals surface area contributed by atoms with Gasteiger partial charge in [0.25, 0.3) is 0 Å². The maximum Gasteiger partial charge on any atom is 0.119 e. The average Bonchev–Trinajstić information content (AvgIpc) is 1.41. The monoisotopic (exact) mass is 179 g/mol. The minimum atomic E-state index is 0. The molecule has 0 aliphatic carbocycles. The van der Waals surface area contributed by atoms with E-state index in [9.17, 15) is 4.79 Å². The van der Waals surface area contributed by atoms with Crippen LogP contribution in [-0.4, -0.2) is 6.29 Å². The van der Waals surface area contributed by atoms with E-state index in [1.54, 1.807) is 0 Å². The molecule has 0 bridgehead atoms. The van der Waals surface area contributed by atoms with Gasteiger partial charge in [-0.05, 0) is 6.42 Å². The van der Waals surface area contributed by atoms with E-state index in [4.69, 9.17) is 0 Å². The number of aldehydes is 1. The quantitative estimate of drug-likeness (QED) is 0.457. The number of hydrogen-bond acceptors (Lipinski definition) is 1. The fourth-order valence-corrected chi connectivity index (χ4v) is 0.118. The van der Waals surface area contributed by atoms with Gasteiger partial charge >= 0.3 is 0 Å². The van der Waals surface area contributed by atoms with Crippen molar-refractivity contribution in [3.05, 3.63) is 0 Å². The molecule has 0 aliphatic heterocycles. The molecule has 0 spiro atoms. The van der Waals surface area contributed by atoms with Gasteiger partial charge in [-0.1, -0.05) is 6.92 Å². The van der Waals surface area contributed by atoms with Gasteiger partial charge in [-0.2, -0.15) is 0 Å². The third-order valence-electron chi connectivity index (χ3n) is 0.407. The van der Waals surface area contributed by atoms with Crippen LogP contribution >= 0.6 is 0 Å². The molecule has 0 aliphatic rings. The topological polar surface area (TPSA) is 17.1 Å². The fraction of sp³-hybridized carbons (Fsp3) is 0.750. The van der Waals surface area contributed by atoms with Gasteiger partial charge in [0.2, 0.25) is 0 Å². The Morgan fingerprint density at radius 2 is 2.17 bits per heavy atom. The van der Waals surface area contributed by atoms with Crippen molar-refractivity contribution in [1.29, 1.82) is 0 Å². The van der Waals surface area contributed by atoms with Crippen LogP contribution in [0.3, 0.4) is 0 Å². The molecule has 0 N–H and O–H groups in total. The molecule has 1 radical (unpaired) electrons. The molecular weight excluding hydrogens is 172 g/mol. The van der Waals surface area contributed by atoms with Crippen molar-refractivity contribution in [3.63, 3.8) is 0 Å². The number of unbranched alkanes of at least 4 members (excludes halogenated alkanes) is 1. The summed E-state index contributed by atoms with van der Waals surface area (Å²) in [6.45, 7) is 1.98. The summed E-state index contributed by atoms with van der Waals surface area (Å²) < 4.78 is 0. The summed E-state index contributed by atoms with van der Waals surface area (Å²) in [5, 5.41) is 0. The Morgan fingerprint density at radius 3 is 2.17 bits per heavy atom. The fourth-order valence-electron chi connectivity index (χ4n) is 0.118. The molecule has 0 heterocycles. The summed E-state index contributed by atoms with van der Waals surface area (Å²) in [4.78, 5) is 9.40. The number of carbonyl (C=O) groups excluding carboxylic acids is 1. The van der Waals surface area contributed by atoms with Gasteiger partial charge in [-0.25, -0.2) is 0 Å². The number of rotatable bonds is 2. The summed E-state index contributed by atoms with van der Waals surface area (Å²) in [6.07, 6.45) is 2.61. The van der Waals surface area contributed by atoms with Crippen molar-refractivity contribution < 1.29 is 27.2 Å². The SMILES string of the molecule is CCCC=O.[Ag]. The second kappa shape index (κ2) is 9.05. The first-order valence-corrected chi connectivity index (χ1v) is 1.85. The van der Waals surface area contributed by atoms with E-state index in [-0.39, 0.29) is 22.4 Å². The molecule has 0 aromatic heterocycles. The van der Waals surface area contributed by atoms with E-state index in [2.05, 4.69) is 0 Å². The van der Waals surface area contributed by atoms with Gasteiger partial charge < -0.3 is 4.79 Å². The third-order valence-corrected chi connectivity index (χ3v) is 0.407. The molecule has 0 atom stereocenters. The van der Waals surface area contributed by atoms with Crippen LogP contribution in [0.25, 0.3) is 0 Å². The Hall–Kier alpha value is 0.410. The molecule has 41 valence electrons. The molecule has 0 saturated heterocycles. The van der Waals surface area contributed by atoms with Crippen LogP contribution in [0.5, 0.6) is 0 Å². The maximum absolute atomic E-state index is 9.40. The molecule has 0 fully saturated rings. The van der Waals surface area contributed by atoms with Crippen LogP contribution in [0.4, 0.5) is 0 Å². The zero-order valence-corrected chi connectivity index (χ0v) is 5.18. The largest absolute Gasteiger partial charge is 0.303 e. The Kier molecular flexibility index (Phi) is 14.5. The first kappa shape index (κ1) is 9.65. The predicted molar refractivity (Wildman–Crippen MR) is 21.0 cm³/mol. The summed E-state index contributed by atoms with van der Waals surface area (Å²) in [6, 6.07) is 0. The standard InChI is InChI=1S/C4H8O.Ag/c1-2-3-4-5;/h4H,2-3H2,1H3;. The van der Waals surface area contributed by atoms with E-state index in [1.807, 2.05) is 6.92 Å². The van der Waals surface area contributed by atoms with Gasteiger partial charge in [0.05, 0.1) is 0 Å². The van der Waals surface area contributed by atoms with Crippen molar-refractivity contribution >= 4 is 6.29 Å². The second-order valence-corrected chi connectivity index (χ2v) is 0.955. The van der Waals surface area contributed by atoms with Crippen LogP contribution in [0.15, 0.2) is 0 Å². The Balaban J connectivity index is 0. The summed E-state index contributed by atoms with van der Waals surface area (Å²) in [5.74, 6) is 0. The van der Waals surface area contributed by atoms with Crippen LogP contribution in [0, 0.1) is 0 Å². The first-order valence-electron chi connectivity index (χ1n) is 1.85. The molecule has 0 aromatic carbocycles. The molecule has 1 nitrogen and oxygen atoms in total. The van der Waals surface area contributed by atoms with Gasteiger partial charge in [0.15, 0.2) is 0 Å². The van der Waals surface area contributed by atoms with Gasteiger partial charge in [-0.3, -0.25) is 0 Å². The summed E-state index contributed by atoms with van der Waals surface area (Å²) in [5.41, 5.74) is 0. The normalized spacial score (nSPS) is 6.17. The first-order chi connectivity index (χ1) is 2.41. The Bertz CT molecular complexity index is 28.7. The predicted octanol–water partition coefficient (Wildman–Crippen LogP) is 0.983. The molecular formula is C4H8AgO. The van der Waals surface area contributed by atoms with Gasteiger partial charge in [0, 0.05) is 28.8 Å². The second-order valence-electron chi connectivity index (χ2n) is 0.955. The molecule has 0 saturated carbocycles. The molecule has 0 aromatic rings. The van der Waals surface area contributed by atoms with Crippen molar-refractivity contribution in [2.75, 3.05) is 0 Å². The third kappa shape index (κ3) is 8.83. The van der Waals surface area contributed by atoms with Crippen molar-refractivity contribution in [1.82, 2.24) is 0 Å². The van der Waals surface area contributed by atoms with E-state index in [0.717, 1.165) is 12.7 Å². The summed E-state index contributed by atoms with van der Waals surface area (Å²) >= 11 is 0. The van der Waals surface area contributed by atoms with Crippen molar-refractivity contribution in [3.8, 4) is 0 Å². The van der Waals surface area contributed by atoms with E-state index >= 15 is 0 Å². The zero-order chi connectivity index (χ0) is 4.12. The zero-order valence-electron chi connectivity index (χ0n) is 3.70. The molecule has 2 heteroatoms. The average molecular weight is 180 g/mol. The minimum absolute atomic E-state index is 0. The van der Waals surface area contributed by atoms with E-state index in [0.29, 0.717) is 6.42 Å². The molecule has 0 unspecified atom stereocenters. The van der Waals surface area contributed by atoms with Crippen molar-refractivity contribution in [2.45, 2.75) is 19.8 Å². The van der Waals surface area contributed by atoms with Crippen LogP contribution in [-0.2, 0) is 27.2 Å².